The summed E-state index contributed by atoms with van der Waals surface area (Å²) in [6, 6.07) is 13.1. The van der Waals surface area contributed by atoms with Crippen LogP contribution in [0, 0.1) is 0 Å². The summed E-state index contributed by atoms with van der Waals surface area (Å²) in [5.41, 5.74) is 3.21. The second-order valence-electron chi connectivity index (χ2n) is 7.34. The van der Waals surface area contributed by atoms with Crippen molar-refractivity contribution in [2.75, 3.05) is 17.7 Å². The molecule has 5 nitrogen and oxygen atoms in total. The molecule has 1 heterocycles. The molecule has 0 aromatic heterocycles. The number of halogens is 1. The van der Waals surface area contributed by atoms with Crippen molar-refractivity contribution < 1.29 is 14.3 Å². The van der Waals surface area contributed by atoms with Crippen LogP contribution in [0.5, 0.6) is 0 Å². The molecule has 2 amide bonds. The summed E-state index contributed by atoms with van der Waals surface area (Å²) in [6.45, 7) is 2.36. The van der Waals surface area contributed by atoms with Crippen LogP contribution in [0.2, 0.25) is 5.02 Å². The number of allylic oxidation sites excluding steroid dienone is 1. The Hall–Kier alpha value is -2.44. The predicted molar refractivity (Wildman–Crippen MR) is 121 cm³/mol. The number of benzene rings is 2. The molecular weight excluding hydrogens is 420 g/mol. The van der Waals surface area contributed by atoms with Gasteiger partial charge in [-0.1, -0.05) is 35.9 Å². The Morgan fingerprint density at radius 2 is 2.00 bits per heavy atom. The molecule has 156 valence electrons. The van der Waals surface area contributed by atoms with E-state index >= 15 is 0 Å². The number of carbonyl (C=O) groups excluding carboxylic acids is 2. The number of ether oxygens (including phenoxy) is 1. The molecule has 0 radical (unpaired) electrons. The first-order valence-corrected chi connectivity index (χ1v) is 11.4. The second kappa shape index (κ2) is 9.14. The van der Waals surface area contributed by atoms with Gasteiger partial charge in [0.15, 0.2) is 0 Å². The average Bonchev–Trinajstić information content (AvgIpc) is 2.74. The fraction of sp³-hybridized carbons (Fsp3) is 0.304. The number of hydrogen-bond acceptors (Lipinski definition) is 4. The van der Waals surface area contributed by atoms with Gasteiger partial charge in [-0.3, -0.25) is 9.59 Å². The summed E-state index contributed by atoms with van der Waals surface area (Å²) in [4.78, 5) is 26.4. The van der Waals surface area contributed by atoms with Gasteiger partial charge in [0, 0.05) is 10.8 Å². The number of fused-ring (bicyclic) bond motifs is 1. The number of rotatable bonds is 4. The molecule has 1 unspecified atom stereocenters. The first-order chi connectivity index (χ1) is 14.5. The Balaban J connectivity index is 1.56. The normalized spacial score (nSPS) is 18.3. The summed E-state index contributed by atoms with van der Waals surface area (Å²) in [5.74, 6) is 0.776. The fourth-order valence-electron chi connectivity index (χ4n) is 3.87. The first-order valence-electron chi connectivity index (χ1n) is 9.99. The van der Waals surface area contributed by atoms with Crippen LogP contribution in [-0.4, -0.2) is 24.2 Å². The molecule has 0 saturated carbocycles. The molecule has 0 spiro atoms. The minimum atomic E-state index is -0.295. The van der Waals surface area contributed by atoms with Crippen molar-refractivity contribution in [2.45, 2.75) is 32.2 Å². The molecule has 4 rings (SSSR count). The number of hydrogen-bond donors (Lipinski definition) is 2. The van der Waals surface area contributed by atoms with E-state index in [1.165, 1.54) is 17.3 Å². The molecule has 1 aliphatic carbocycles. The van der Waals surface area contributed by atoms with Crippen LogP contribution in [0.25, 0.3) is 0 Å². The topological polar surface area (TPSA) is 67.4 Å². The Kier molecular flexibility index (Phi) is 6.35. The van der Waals surface area contributed by atoms with Crippen molar-refractivity contribution in [3.05, 3.63) is 74.8 Å². The third-order valence-electron chi connectivity index (χ3n) is 5.32. The van der Waals surface area contributed by atoms with Crippen LogP contribution in [-0.2, 0) is 16.0 Å². The van der Waals surface area contributed by atoms with E-state index in [-0.39, 0.29) is 17.9 Å². The van der Waals surface area contributed by atoms with Gasteiger partial charge in [-0.15, -0.1) is 11.8 Å². The Labute approximate surface area is 185 Å². The standard InChI is InChI=1S/C23H23ClN2O3S/c1-14-21(30-12-11-29-14)23(28)26-20-13-16(24)9-10-18(20)22(27)25-19-8-4-6-15-5-2-3-7-17(15)19/h2-3,5,7,9-10,13,19H,4,6,8,11-12H2,1H3,(H,25,27)(H,26,28). The van der Waals surface area contributed by atoms with Crippen LogP contribution in [0.1, 0.15) is 47.3 Å². The molecule has 7 heteroatoms. The highest BCUT2D eigenvalue weighted by atomic mass is 35.5. The maximum Gasteiger partial charge on any atom is 0.265 e. The van der Waals surface area contributed by atoms with Crippen LogP contribution in [0.4, 0.5) is 5.69 Å². The molecule has 1 atom stereocenters. The van der Waals surface area contributed by atoms with Crippen LogP contribution in [0.15, 0.2) is 53.1 Å². The maximum atomic E-state index is 13.1. The van der Waals surface area contributed by atoms with Gasteiger partial charge in [0.1, 0.15) is 10.7 Å². The second-order valence-corrected chi connectivity index (χ2v) is 8.88. The number of aryl methyl sites for hydroxylation is 1. The lowest BCUT2D eigenvalue weighted by molar-refractivity contribution is -0.112. The predicted octanol–water partition coefficient (Wildman–Crippen LogP) is 5.08. The van der Waals surface area contributed by atoms with Gasteiger partial charge in [-0.25, -0.2) is 0 Å². The summed E-state index contributed by atoms with van der Waals surface area (Å²) < 4.78 is 5.48. The monoisotopic (exact) mass is 442 g/mol. The van der Waals surface area contributed by atoms with E-state index in [2.05, 4.69) is 22.8 Å². The van der Waals surface area contributed by atoms with Crippen molar-refractivity contribution in [3.63, 3.8) is 0 Å². The van der Waals surface area contributed by atoms with Gasteiger partial charge in [0.05, 0.1) is 23.9 Å². The van der Waals surface area contributed by atoms with Crippen molar-refractivity contribution in [1.82, 2.24) is 5.32 Å². The number of nitrogens with one attached hydrogen (secondary N) is 2. The smallest absolute Gasteiger partial charge is 0.265 e. The molecule has 0 saturated heterocycles. The molecule has 1 aliphatic heterocycles. The number of thioether (sulfide) groups is 1. The van der Waals surface area contributed by atoms with Gasteiger partial charge >= 0.3 is 0 Å². The highest BCUT2D eigenvalue weighted by molar-refractivity contribution is 8.04. The summed E-state index contributed by atoms with van der Waals surface area (Å²) in [6.07, 6.45) is 2.94. The molecule has 0 fully saturated rings. The van der Waals surface area contributed by atoms with E-state index in [1.807, 2.05) is 12.1 Å². The van der Waals surface area contributed by atoms with E-state index in [9.17, 15) is 9.59 Å². The lowest BCUT2D eigenvalue weighted by Crippen LogP contribution is -2.31. The quantitative estimate of drug-likeness (QED) is 0.692. The number of anilines is 1. The first kappa shape index (κ1) is 20.8. The van der Waals surface area contributed by atoms with E-state index in [0.717, 1.165) is 24.8 Å². The van der Waals surface area contributed by atoms with Crippen molar-refractivity contribution in [3.8, 4) is 0 Å². The third-order valence-corrected chi connectivity index (χ3v) is 6.69. The average molecular weight is 443 g/mol. The zero-order valence-corrected chi connectivity index (χ0v) is 18.2. The zero-order valence-electron chi connectivity index (χ0n) is 16.7. The summed E-state index contributed by atoms with van der Waals surface area (Å²) >= 11 is 7.60. The number of amides is 2. The molecule has 0 bridgehead atoms. The molecular formula is C23H23ClN2O3S. The van der Waals surface area contributed by atoms with Crippen molar-refractivity contribution >= 4 is 40.9 Å². The van der Waals surface area contributed by atoms with Gasteiger partial charge in [-0.2, -0.15) is 0 Å². The van der Waals surface area contributed by atoms with Crippen LogP contribution < -0.4 is 10.6 Å². The van der Waals surface area contributed by atoms with E-state index in [1.54, 1.807) is 25.1 Å². The lowest BCUT2D eigenvalue weighted by atomic mass is 9.87. The summed E-state index contributed by atoms with van der Waals surface area (Å²) in [5, 5.41) is 6.43. The molecule has 2 N–H and O–H groups in total. The van der Waals surface area contributed by atoms with Gasteiger partial charge in [-0.05, 0) is 55.5 Å². The van der Waals surface area contributed by atoms with Crippen LogP contribution >= 0.6 is 23.4 Å². The minimum Gasteiger partial charge on any atom is -0.496 e. The Bertz CT molecular complexity index is 1020. The molecule has 30 heavy (non-hydrogen) atoms. The largest absolute Gasteiger partial charge is 0.496 e. The van der Waals surface area contributed by atoms with E-state index in [4.69, 9.17) is 16.3 Å². The van der Waals surface area contributed by atoms with Gasteiger partial charge < -0.3 is 15.4 Å². The highest BCUT2D eigenvalue weighted by Gasteiger charge is 2.25. The molecule has 2 aromatic carbocycles. The zero-order chi connectivity index (χ0) is 21.1. The molecule has 2 aromatic rings. The van der Waals surface area contributed by atoms with Crippen LogP contribution in [0.3, 0.4) is 0 Å². The lowest BCUT2D eigenvalue weighted by Gasteiger charge is -2.26. The fourth-order valence-corrected chi connectivity index (χ4v) is 4.86. The van der Waals surface area contributed by atoms with Gasteiger partial charge in [0.25, 0.3) is 11.8 Å². The van der Waals surface area contributed by atoms with Crippen molar-refractivity contribution in [1.29, 1.82) is 0 Å². The number of carbonyl (C=O) groups is 2. The SMILES string of the molecule is CC1=C(C(=O)Nc2cc(Cl)ccc2C(=O)NC2CCCc3ccccc32)SCCO1. The maximum absolute atomic E-state index is 13.1. The highest BCUT2D eigenvalue weighted by Crippen LogP contribution is 2.31. The molecule has 2 aliphatic rings. The third kappa shape index (κ3) is 4.50. The van der Waals surface area contributed by atoms with E-state index in [0.29, 0.717) is 39.3 Å². The Morgan fingerprint density at radius 1 is 1.17 bits per heavy atom. The van der Waals surface area contributed by atoms with E-state index < -0.39 is 0 Å². The Morgan fingerprint density at radius 3 is 2.83 bits per heavy atom. The van der Waals surface area contributed by atoms with Crippen molar-refractivity contribution in [2.24, 2.45) is 0 Å². The summed E-state index contributed by atoms with van der Waals surface area (Å²) in [7, 11) is 0. The minimum absolute atomic E-state index is 0.0473. The van der Waals surface area contributed by atoms with Gasteiger partial charge in [0.2, 0.25) is 0 Å².